The summed E-state index contributed by atoms with van der Waals surface area (Å²) in [6.07, 6.45) is 0.822. The van der Waals surface area contributed by atoms with E-state index in [1.54, 1.807) is 18.2 Å². The molecule has 1 heterocycles. The average molecular weight is 208 g/mol. The molecule has 0 saturated heterocycles. The van der Waals surface area contributed by atoms with E-state index in [1.807, 2.05) is 0 Å². The summed E-state index contributed by atoms with van der Waals surface area (Å²) < 4.78 is 5.39. The van der Waals surface area contributed by atoms with Gasteiger partial charge in [-0.05, 0) is 18.1 Å². The van der Waals surface area contributed by atoms with E-state index in [4.69, 9.17) is 9.84 Å². The van der Waals surface area contributed by atoms with Crippen LogP contribution in [-0.2, 0) is 11.2 Å². The van der Waals surface area contributed by atoms with Crippen LogP contribution in [0, 0.1) is 5.92 Å². The van der Waals surface area contributed by atoms with Crippen LogP contribution in [0.15, 0.2) is 18.2 Å². The number of fused-ring (bicyclic) bond motifs is 1. The number of hydrogen-bond donors (Lipinski definition) is 2. The molecule has 1 aromatic carbocycles. The number of carboxylic acids is 1. The summed E-state index contributed by atoms with van der Waals surface area (Å²) in [7, 11) is 0. The first-order valence-corrected chi connectivity index (χ1v) is 4.81. The zero-order valence-electron chi connectivity index (χ0n) is 8.14. The third-order valence-corrected chi connectivity index (χ3v) is 2.50. The molecule has 1 aromatic rings. The minimum absolute atomic E-state index is 0.0274. The van der Waals surface area contributed by atoms with Crippen molar-refractivity contribution in [2.75, 3.05) is 6.61 Å². The van der Waals surface area contributed by atoms with Gasteiger partial charge in [0.1, 0.15) is 11.5 Å². The zero-order valence-corrected chi connectivity index (χ0v) is 8.14. The second-order valence-corrected chi connectivity index (χ2v) is 3.77. The Balaban J connectivity index is 2.13. The number of hydrogen-bond acceptors (Lipinski definition) is 3. The van der Waals surface area contributed by atoms with Crippen molar-refractivity contribution in [3.63, 3.8) is 0 Å². The number of ether oxygens (including phenoxy) is 1. The van der Waals surface area contributed by atoms with Crippen LogP contribution in [0.4, 0.5) is 0 Å². The van der Waals surface area contributed by atoms with E-state index >= 15 is 0 Å². The average Bonchev–Trinajstić information content (AvgIpc) is 2.17. The molecule has 0 radical (unpaired) electrons. The molecule has 0 fully saturated rings. The molecule has 0 saturated carbocycles. The van der Waals surface area contributed by atoms with Crippen LogP contribution in [0.25, 0.3) is 0 Å². The third kappa shape index (κ3) is 2.21. The molecule has 0 aliphatic carbocycles. The van der Waals surface area contributed by atoms with Crippen LogP contribution in [-0.4, -0.2) is 22.8 Å². The molecule has 2 rings (SSSR count). The lowest BCUT2D eigenvalue weighted by atomic mass is 9.94. The van der Waals surface area contributed by atoms with Gasteiger partial charge in [0, 0.05) is 12.0 Å². The maximum absolute atomic E-state index is 10.5. The fourth-order valence-corrected chi connectivity index (χ4v) is 1.80. The van der Waals surface area contributed by atoms with Crippen LogP contribution in [0.3, 0.4) is 0 Å². The van der Waals surface area contributed by atoms with E-state index in [2.05, 4.69) is 0 Å². The quantitative estimate of drug-likeness (QED) is 0.771. The largest absolute Gasteiger partial charge is 0.508 e. The smallest absolute Gasteiger partial charge is 0.303 e. The Morgan fingerprint density at radius 3 is 3.07 bits per heavy atom. The molecule has 1 atom stereocenters. The normalized spacial score (nSPS) is 19.1. The Kier molecular flexibility index (Phi) is 2.49. The van der Waals surface area contributed by atoms with Crippen molar-refractivity contribution in [3.05, 3.63) is 23.8 Å². The molecule has 1 aliphatic heterocycles. The van der Waals surface area contributed by atoms with Crippen molar-refractivity contribution in [3.8, 4) is 11.5 Å². The topological polar surface area (TPSA) is 66.8 Å². The maximum atomic E-state index is 10.5. The number of aromatic hydroxyl groups is 1. The van der Waals surface area contributed by atoms with Gasteiger partial charge in [-0.3, -0.25) is 4.79 Å². The van der Waals surface area contributed by atoms with Gasteiger partial charge in [-0.25, -0.2) is 0 Å². The van der Waals surface area contributed by atoms with E-state index in [-0.39, 0.29) is 18.1 Å². The Morgan fingerprint density at radius 2 is 2.33 bits per heavy atom. The second kappa shape index (κ2) is 3.81. The maximum Gasteiger partial charge on any atom is 0.303 e. The van der Waals surface area contributed by atoms with Gasteiger partial charge in [0.05, 0.1) is 13.0 Å². The number of phenols is 1. The predicted octanol–water partition coefficient (Wildman–Crippen LogP) is 1.42. The third-order valence-electron chi connectivity index (χ3n) is 2.50. The van der Waals surface area contributed by atoms with Gasteiger partial charge >= 0.3 is 5.97 Å². The first-order chi connectivity index (χ1) is 7.15. The van der Waals surface area contributed by atoms with Crippen LogP contribution >= 0.6 is 0 Å². The highest BCUT2D eigenvalue weighted by Crippen LogP contribution is 2.31. The molecule has 80 valence electrons. The summed E-state index contributed by atoms with van der Waals surface area (Å²) in [6, 6.07) is 4.93. The van der Waals surface area contributed by atoms with E-state index < -0.39 is 5.97 Å². The van der Waals surface area contributed by atoms with Crippen molar-refractivity contribution in [1.82, 2.24) is 0 Å². The van der Waals surface area contributed by atoms with Gasteiger partial charge in [-0.2, -0.15) is 0 Å². The van der Waals surface area contributed by atoms with Crippen molar-refractivity contribution in [2.45, 2.75) is 12.8 Å². The lowest BCUT2D eigenvalue weighted by Gasteiger charge is -2.24. The summed E-state index contributed by atoms with van der Waals surface area (Å²) in [4.78, 5) is 10.5. The summed E-state index contributed by atoms with van der Waals surface area (Å²) in [5, 5.41) is 17.9. The zero-order chi connectivity index (χ0) is 10.8. The number of phenolic OH excluding ortho intramolecular Hbond substituents is 1. The van der Waals surface area contributed by atoms with E-state index in [9.17, 15) is 9.90 Å². The standard InChI is InChI=1S/C11H12O4/c12-9-2-1-8-3-7(4-11(13)14)6-15-10(8)5-9/h1-2,5,7,12H,3-4,6H2,(H,13,14). The van der Waals surface area contributed by atoms with E-state index in [0.29, 0.717) is 18.8 Å². The van der Waals surface area contributed by atoms with Crippen molar-refractivity contribution < 1.29 is 19.7 Å². The Morgan fingerprint density at radius 1 is 1.53 bits per heavy atom. The lowest BCUT2D eigenvalue weighted by molar-refractivity contribution is -0.138. The van der Waals surface area contributed by atoms with Crippen molar-refractivity contribution in [1.29, 1.82) is 0 Å². The number of rotatable bonds is 2. The molecular weight excluding hydrogens is 196 g/mol. The highest BCUT2D eigenvalue weighted by Gasteiger charge is 2.22. The molecule has 0 amide bonds. The van der Waals surface area contributed by atoms with E-state index in [1.165, 1.54) is 0 Å². The van der Waals surface area contributed by atoms with Gasteiger partial charge in [-0.15, -0.1) is 0 Å². The number of benzene rings is 1. The minimum atomic E-state index is -0.800. The molecule has 4 nitrogen and oxygen atoms in total. The lowest BCUT2D eigenvalue weighted by Crippen LogP contribution is -2.23. The predicted molar refractivity (Wildman–Crippen MR) is 53.0 cm³/mol. The van der Waals surface area contributed by atoms with Crippen molar-refractivity contribution in [2.24, 2.45) is 5.92 Å². The molecular formula is C11H12O4. The summed E-state index contributed by atoms with van der Waals surface area (Å²) >= 11 is 0. The fourth-order valence-electron chi connectivity index (χ4n) is 1.80. The van der Waals surface area contributed by atoms with Gasteiger partial charge < -0.3 is 14.9 Å². The molecule has 1 aliphatic rings. The Hall–Kier alpha value is -1.71. The summed E-state index contributed by atoms with van der Waals surface area (Å²) in [5.74, 6) is 0.0624. The number of carbonyl (C=O) groups is 1. The monoisotopic (exact) mass is 208 g/mol. The summed E-state index contributed by atoms with van der Waals surface area (Å²) in [5.41, 5.74) is 0.963. The first kappa shape index (κ1) is 9.83. The molecule has 0 aromatic heterocycles. The Labute approximate surface area is 87.1 Å². The van der Waals surface area contributed by atoms with Gasteiger partial charge in [0.15, 0.2) is 0 Å². The second-order valence-electron chi connectivity index (χ2n) is 3.77. The van der Waals surface area contributed by atoms with Gasteiger partial charge in [-0.1, -0.05) is 6.07 Å². The molecule has 15 heavy (non-hydrogen) atoms. The molecule has 4 heteroatoms. The number of aliphatic carboxylic acids is 1. The van der Waals surface area contributed by atoms with Gasteiger partial charge in [0.2, 0.25) is 0 Å². The molecule has 2 N–H and O–H groups in total. The Bertz CT molecular complexity index is 386. The SMILES string of the molecule is O=C(O)CC1COc2cc(O)ccc2C1. The molecule has 0 spiro atoms. The fraction of sp³-hybridized carbons (Fsp3) is 0.364. The highest BCUT2D eigenvalue weighted by molar-refractivity contribution is 5.67. The molecule has 0 bridgehead atoms. The first-order valence-electron chi connectivity index (χ1n) is 4.81. The summed E-state index contributed by atoms with van der Waals surface area (Å²) in [6.45, 7) is 0.406. The number of carboxylic acid groups (broad SMARTS) is 1. The van der Waals surface area contributed by atoms with Crippen LogP contribution in [0.1, 0.15) is 12.0 Å². The minimum Gasteiger partial charge on any atom is -0.508 e. The van der Waals surface area contributed by atoms with Crippen LogP contribution < -0.4 is 4.74 Å². The van der Waals surface area contributed by atoms with E-state index in [0.717, 1.165) is 5.56 Å². The van der Waals surface area contributed by atoms with Crippen molar-refractivity contribution >= 4 is 5.97 Å². The molecule has 1 unspecified atom stereocenters. The van der Waals surface area contributed by atoms with Gasteiger partial charge in [0.25, 0.3) is 0 Å². The highest BCUT2D eigenvalue weighted by atomic mass is 16.5. The van der Waals surface area contributed by atoms with Crippen LogP contribution in [0.5, 0.6) is 11.5 Å². The van der Waals surface area contributed by atoms with Crippen LogP contribution in [0.2, 0.25) is 0 Å².